The van der Waals surface area contributed by atoms with E-state index in [2.05, 4.69) is 49.7 Å². The zero-order valence-corrected chi connectivity index (χ0v) is 15.0. The number of hydrogen-bond acceptors (Lipinski definition) is 2. The molecule has 20 heavy (non-hydrogen) atoms. The topological polar surface area (TPSA) is 35.2 Å². The molecular weight excluding hydrogens is 314 g/mol. The van der Waals surface area contributed by atoms with Crippen molar-refractivity contribution in [3.8, 4) is 5.75 Å². The van der Waals surface area contributed by atoms with E-state index in [1.54, 1.807) is 7.11 Å². The second-order valence-electron chi connectivity index (χ2n) is 7.03. The molecule has 1 rings (SSSR count). The number of nitrogens with two attached hydrogens (primary N) is 1. The predicted molar refractivity (Wildman–Crippen MR) is 90.2 cm³/mol. The van der Waals surface area contributed by atoms with Gasteiger partial charge in [-0.1, -0.05) is 43.6 Å². The fraction of sp³-hybridized carbons (Fsp3) is 0.647. The van der Waals surface area contributed by atoms with Gasteiger partial charge >= 0.3 is 0 Å². The van der Waals surface area contributed by atoms with Gasteiger partial charge in [0.25, 0.3) is 0 Å². The fourth-order valence-electron chi connectivity index (χ4n) is 2.92. The van der Waals surface area contributed by atoms with Crippen LogP contribution in [-0.4, -0.2) is 13.2 Å². The molecule has 0 aliphatic rings. The van der Waals surface area contributed by atoms with Crippen molar-refractivity contribution < 1.29 is 4.74 Å². The van der Waals surface area contributed by atoms with Crippen LogP contribution in [0.5, 0.6) is 5.75 Å². The first-order valence-corrected chi connectivity index (χ1v) is 8.08. The van der Waals surface area contributed by atoms with Crippen LogP contribution in [-0.2, 0) is 6.42 Å². The van der Waals surface area contributed by atoms with Gasteiger partial charge in [0.15, 0.2) is 0 Å². The van der Waals surface area contributed by atoms with Crippen LogP contribution in [0.4, 0.5) is 0 Å². The zero-order valence-electron chi connectivity index (χ0n) is 13.4. The first-order chi connectivity index (χ1) is 9.21. The van der Waals surface area contributed by atoms with Gasteiger partial charge in [-0.3, -0.25) is 0 Å². The molecule has 0 saturated heterocycles. The molecule has 0 radical (unpaired) electrons. The molecule has 0 spiro atoms. The Bertz CT molecular complexity index is 425. The molecule has 0 fully saturated rings. The maximum Gasteiger partial charge on any atom is 0.122 e. The van der Waals surface area contributed by atoms with Gasteiger partial charge < -0.3 is 10.5 Å². The summed E-state index contributed by atoms with van der Waals surface area (Å²) in [6.07, 6.45) is 3.11. The Morgan fingerprint density at radius 1 is 1.30 bits per heavy atom. The lowest BCUT2D eigenvalue weighted by atomic mass is 9.82. The van der Waals surface area contributed by atoms with Crippen LogP contribution in [0.1, 0.15) is 46.1 Å². The molecule has 0 aliphatic carbocycles. The SMILES string of the molecule is COc1ccc(Br)cc1CC(N)CC(C)CC(C)(C)C. The number of hydrogen-bond donors (Lipinski definition) is 1. The molecule has 3 heteroatoms. The molecule has 2 nitrogen and oxygen atoms in total. The Kier molecular flexibility index (Phi) is 6.53. The molecule has 0 bridgehead atoms. The lowest BCUT2D eigenvalue weighted by Crippen LogP contribution is -2.27. The quantitative estimate of drug-likeness (QED) is 0.807. The highest BCUT2D eigenvalue weighted by molar-refractivity contribution is 9.10. The smallest absolute Gasteiger partial charge is 0.122 e. The van der Waals surface area contributed by atoms with E-state index in [0.29, 0.717) is 11.3 Å². The Morgan fingerprint density at radius 2 is 1.95 bits per heavy atom. The van der Waals surface area contributed by atoms with E-state index in [-0.39, 0.29) is 6.04 Å². The molecule has 114 valence electrons. The van der Waals surface area contributed by atoms with Crippen molar-refractivity contribution in [2.75, 3.05) is 7.11 Å². The summed E-state index contributed by atoms with van der Waals surface area (Å²) >= 11 is 3.51. The summed E-state index contributed by atoms with van der Waals surface area (Å²) in [5, 5.41) is 0. The lowest BCUT2D eigenvalue weighted by Gasteiger charge is -2.25. The Hall–Kier alpha value is -0.540. The standard InChI is InChI=1S/C17H28BrNO/c1-12(11-17(2,3)4)8-15(19)10-13-9-14(18)6-7-16(13)20-5/h6-7,9,12,15H,8,10-11,19H2,1-5H3. The molecule has 0 heterocycles. The molecule has 1 aromatic rings. The number of benzene rings is 1. The van der Waals surface area contributed by atoms with Gasteiger partial charge in [0, 0.05) is 10.5 Å². The van der Waals surface area contributed by atoms with E-state index in [0.717, 1.165) is 23.1 Å². The average molecular weight is 342 g/mol. The third-order valence-electron chi connectivity index (χ3n) is 3.39. The number of ether oxygens (including phenoxy) is 1. The van der Waals surface area contributed by atoms with Gasteiger partial charge in [0.05, 0.1) is 7.11 Å². The number of rotatable bonds is 6. The van der Waals surface area contributed by atoms with E-state index < -0.39 is 0 Å². The lowest BCUT2D eigenvalue weighted by molar-refractivity contribution is 0.284. The largest absolute Gasteiger partial charge is 0.496 e. The van der Waals surface area contributed by atoms with Crippen LogP contribution in [0.15, 0.2) is 22.7 Å². The van der Waals surface area contributed by atoms with E-state index in [1.165, 1.54) is 12.0 Å². The minimum atomic E-state index is 0.176. The summed E-state index contributed by atoms with van der Waals surface area (Å²) in [5.41, 5.74) is 7.87. The number of methoxy groups -OCH3 is 1. The van der Waals surface area contributed by atoms with Crippen molar-refractivity contribution in [3.63, 3.8) is 0 Å². The highest BCUT2D eigenvalue weighted by Gasteiger charge is 2.18. The summed E-state index contributed by atoms with van der Waals surface area (Å²) in [6.45, 7) is 9.15. The van der Waals surface area contributed by atoms with E-state index in [4.69, 9.17) is 10.5 Å². The monoisotopic (exact) mass is 341 g/mol. The Labute approximate surface area is 132 Å². The van der Waals surface area contributed by atoms with Crippen LogP contribution in [0.2, 0.25) is 0 Å². The van der Waals surface area contributed by atoms with Gasteiger partial charge in [0.1, 0.15) is 5.75 Å². The summed E-state index contributed by atoms with van der Waals surface area (Å²) in [6, 6.07) is 6.27. The van der Waals surface area contributed by atoms with Crippen LogP contribution < -0.4 is 10.5 Å². The van der Waals surface area contributed by atoms with Crippen molar-refractivity contribution in [1.29, 1.82) is 0 Å². The molecule has 2 atom stereocenters. The van der Waals surface area contributed by atoms with Crippen LogP contribution in [0.3, 0.4) is 0 Å². The molecule has 0 aromatic heterocycles. The minimum absolute atomic E-state index is 0.176. The fourth-order valence-corrected chi connectivity index (χ4v) is 3.33. The second kappa shape index (κ2) is 7.46. The summed E-state index contributed by atoms with van der Waals surface area (Å²) in [5.74, 6) is 1.57. The molecule has 0 amide bonds. The summed E-state index contributed by atoms with van der Waals surface area (Å²) in [4.78, 5) is 0. The van der Waals surface area contributed by atoms with Gasteiger partial charge in [-0.2, -0.15) is 0 Å². The minimum Gasteiger partial charge on any atom is -0.496 e. The summed E-state index contributed by atoms with van der Waals surface area (Å²) in [7, 11) is 1.71. The van der Waals surface area contributed by atoms with Crippen molar-refractivity contribution in [1.82, 2.24) is 0 Å². The number of halogens is 1. The molecule has 0 saturated carbocycles. The van der Waals surface area contributed by atoms with Crippen LogP contribution in [0, 0.1) is 11.3 Å². The van der Waals surface area contributed by atoms with Crippen molar-refractivity contribution in [3.05, 3.63) is 28.2 Å². The maximum atomic E-state index is 6.33. The van der Waals surface area contributed by atoms with Gasteiger partial charge in [-0.25, -0.2) is 0 Å². The normalized spacial score (nSPS) is 14.9. The van der Waals surface area contributed by atoms with Crippen LogP contribution in [0.25, 0.3) is 0 Å². The third kappa shape index (κ3) is 6.27. The molecule has 1 aromatic carbocycles. The Balaban J connectivity index is 2.62. The summed E-state index contributed by atoms with van der Waals surface area (Å²) < 4.78 is 6.48. The second-order valence-corrected chi connectivity index (χ2v) is 7.94. The van der Waals surface area contributed by atoms with Gasteiger partial charge in [-0.15, -0.1) is 0 Å². The van der Waals surface area contributed by atoms with Crippen molar-refractivity contribution in [2.45, 2.75) is 53.0 Å². The Morgan fingerprint density at radius 3 is 2.50 bits per heavy atom. The molecular formula is C17H28BrNO. The first kappa shape index (κ1) is 17.5. The molecule has 0 aliphatic heterocycles. The van der Waals surface area contributed by atoms with E-state index in [9.17, 15) is 0 Å². The molecule has 2 unspecified atom stereocenters. The highest BCUT2D eigenvalue weighted by Crippen LogP contribution is 2.28. The van der Waals surface area contributed by atoms with Gasteiger partial charge in [-0.05, 0) is 54.4 Å². The van der Waals surface area contributed by atoms with Gasteiger partial charge in [0.2, 0.25) is 0 Å². The first-order valence-electron chi connectivity index (χ1n) is 7.29. The van der Waals surface area contributed by atoms with Crippen LogP contribution >= 0.6 is 15.9 Å². The highest BCUT2D eigenvalue weighted by atomic mass is 79.9. The van der Waals surface area contributed by atoms with E-state index in [1.807, 2.05) is 12.1 Å². The van der Waals surface area contributed by atoms with E-state index >= 15 is 0 Å². The average Bonchev–Trinajstić information content (AvgIpc) is 2.26. The predicted octanol–water partition coefficient (Wildman–Crippen LogP) is 4.79. The zero-order chi connectivity index (χ0) is 15.3. The third-order valence-corrected chi connectivity index (χ3v) is 3.88. The maximum absolute atomic E-state index is 6.33. The van der Waals surface area contributed by atoms with Crippen molar-refractivity contribution >= 4 is 15.9 Å². The molecule has 2 N–H and O–H groups in total. The van der Waals surface area contributed by atoms with Crippen molar-refractivity contribution in [2.24, 2.45) is 17.1 Å².